The summed E-state index contributed by atoms with van der Waals surface area (Å²) in [5.41, 5.74) is 0.804. The molecule has 0 amide bonds. The lowest BCUT2D eigenvalue weighted by Crippen LogP contribution is -2.35. The van der Waals surface area contributed by atoms with Crippen molar-refractivity contribution in [2.45, 2.75) is 38.8 Å². The Bertz CT molecular complexity index is 448. The SMILES string of the molecule is COc1cccc(C(O)CN(CCCC(=O)O)C(C)C)c1. The molecule has 2 N–H and O–H groups in total. The van der Waals surface area contributed by atoms with Crippen LogP contribution in [0.2, 0.25) is 0 Å². The third-order valence-corrected chi connectivity index (χ3v) is 3.45. The number of nitrogens with zero attached hydrogens (tertiary/aromatic N) is 1. The Hall–Kier alpha value is -1.59. The number of aliphatic hydroxyl groups excluding tert-OH is 1. The first kappa shape index (κ1) is 17.5. The molecule has 1 rings (SSSR count). The van der Waals surface area contributed by atoms with Crippen molar-refractivity contribution in [3.63, 3.8) is 0 Å². The van der Waals surface area contributed by atoms with Gasteiger partial charge in [0, 0.05) is 19.0 Å². The number of carbonyl (C=O) groups is 1. The van der Waals surface area contributed by atoms with Crippen LogP contribution in [0.15, 0.2) is 24.3 Å². The average Bonchev–Trinajstić information content (AvgIpc) is 2.45. The van der Waals surface area contributed by atoms with Gasteiger partial charge in [0.15, 0.2) is 0 Å². The number of methoxy groups -OCH3 is 1. The molecule has 0 aliphatic heterocycles. The summed E-state index contributed by atoms with van der Waals surface area (Å²) in [6, 6.07) is 7.62. The van der Waals surface area contributed by atoms with Gasteiger partial charge in [-0.05, 0) is 44.5 Å². The molecular weight excluding hydrogens is 270 g/mol. The Kier molecular flexibility index (Phi) is 7.19. The fourth-order valence-electron chi connectivity index (χ4n) is 2.17. The Morgan fingerprint density at radius 3 is 2.67 bits per heavy atom. The Morgan fingerprint density at radius 1 is 1.38 bits per heavy atom. The summed E-state index contributed by atoms with van der Waals surface area (Å²) in [6.07, 6.45) is 0.115. The van der Waals surface area contributed by atoms with Crippen molar-refractivity contribution in [3.05, 3.63) is 29.8 Å². The van der Waals surface area contributed by atoms with Gasteiger partial charge in [0.25, 0.3) is 0 Å². The van der Waals surface area contributed by atoms with Gasteiger partial charge >= 0.3 is 5.97 Å². The van der Waals surface area contributed by atoms with E-state index in [0.29, 0.717) is 25.3 Å². The van der Waals surface area contributed by atoms with Crippen LogP contribution in [0.3, 0.4) is 0 Å². The van der Waals surface area contributed by atoms with E-state index in [1.165, 1.54) is 0 Å². The van der Waals surface area contributed by atoms with Gasteiger partial charge in [0.05, 0.1) is 13.2 Å². The zero-order valence-electron chi connectivity index (χ0n) is 13.0. The van der Waals surface area contributed by atoms with E-state index in [2.05, 4.69) is 4.90 Å². The molecule has 1 aromatic carbocycles. The van der Waals surface area contributed by atoms with Crippen molar-refractivity contribution >= 4 is 5.97 Å². The Morgan fingerprint density at radius 2 is 2.10 bits per heavy atom. The molecule has 0 aromatic heterocycles. The van der Waals surface area contributed by atoms with Gasteiger partial charge in [-0.1, -0.05) is 12.1 Å². The molecule has 0 bridgehead atoms. The molecule has 5 heteroatoms. The van der Waals surface area contributed by atoms with Crippen molar-refractivity contribution < 1.29 is 19.7 Å². The molecule has 5 nitrogen and oxygen atoms in total. The molecule has 0 fully saturated rings. The van der Waals surface area contributed by atoms with E-state index in [1.807, 2.05) is 38.1 Å². The first-order chi connectivity index (χ1) is 9.93. The van der Waals surface area contributed by atoms with Gasteiger partial charge in [0.2, 0.25) is 0 Å². The van der Waals surface area contributed by atoms with E-state index in [-0.39, 0.29) is 12.5 Å². The Labute approximate surface area is 126 Å². The molecule has 0 aliphatic rings. The highest BCUT2D eigenvalue weighted by Crippen LogP contribution is 2.20. The molecule has 118 valence electrons. The highest BCUT2D eigenvalue weighted by molar-refractivity contribution is 5.66. The summed E-state index contributed by atoms with van der Waals surface area (Å²) in [5.74, 6) is -0.0689. The number of ether oxygens (including phenoxy) is 1. The topological polar surface area (TPSA) is 70.0 Å². The number of aliphatic hydroxyl groups is 1. The van der Waals surface area contributed by atoms with Crippen LogP contribution in [0.4, 0.5) is 0 Å². The van der Waals surface area contributed by atoms with E-state index in [1.54, 1.807) is 7.11 Å². The van der Waals surface area contributed by atoms with Crippen molar-refractivity contribution in [1.82, 2.24) is 4.90 Å². The zero-order valence-corrected chi connectivity index (χ0v) is 13.0. The van der Waals surface area contributed by atoms with Crippen LogP contribution in [-0.2, 0) is 4.79 Å². The van der Waals surface area contributed by atoms with Gasteiger partial charge in [-0.2, -0.15) is 0 Å². The second-order valence-electron chi connectivity index (χ2n) is 5.38. The van der Waals surface area contributed by atoms with Crippen molar-refractivity contribution in [2.75, 3.05) is 20.2 Å². The quantitative estimate of drug-likeness (QED) is 0.731. The van der Waals surface area contributed by atoms with Crippen LogP contribution in [0.1, 0.15) is 38.4 Å². The number of rotatable bonds is 9. The molecule has 0 spiro atoms. The molecule has 21 heavy (non-hydrogen) atoms. The number of aliphatic carboxylic acids is 1. The molecule has 0 saturated heterocycles. The molecule has 1 aromatic rings. The van der Waals surface area contributed by atoms with Gasteiger partial charge < -0.3 is 14.9 Å². The first-order valence-corrected chi connectivity index (χ1v) is 7.22. The van der Waals surface area contributed by atoms with Crippen LogP contribution in [0, 0.1) is 0 Å². The van der Waals surface area contributed by atoms with E-state index in [9.17, 15) is 9.90 Å². The lowest BCUT2D eigenvalue weighted by Gasteiger charge is -2.28. The highest BCUT2D eigenvalue weighted by atomic mass is 16.5. The number of hydrogen-bond acceptors (Lipinski definition) is 4. The van der Waals surface area contributed by atoms with Crippen molar-refractivity contribution in [3.8, 4) is 5.75 Å². The van der Waals surface area contributed by atoms with Crippen molar-refractivity contribution in [1.29, 1.82) is 0 Å². The number of carboxylic acid groups (broad SMARTS) is 1. The van der Waals surface area contributed by atoms with E-state index >= 15 is 0 Å². The average molecular weight is 295 g/mol. The maximum absolute atomic E-state index is 10.6. The fraction of sp³-hybridized carbons (Fsp3) is 0.562. The van der Waals surface area contributed by atoms with Crippen LogP contribution >= 0.6 is 0 Å². The molecule has 0 saturated carbocycles. The minimum atomic E-state index is -0.785. The number of benzene rings is 1. The predicted molar refractivity (Wildman–Crippen MR) is 81.5 cm³/mol. The normalized spacial score (nSPS) is 12.7. The van der Waals surface area contributed by atoms with E-state index < -0.39 is 12.1 Å². The molecule has 1 unspecified atom stereocenters. The second kappa shape index (κ2) is 8.64. The summed E-state index contributed by atoms with van der Waals surface area (Å²) >= 11 is 0. The summed E-state index contributed by atoms with van der Waals surface area (Å²) in [4.78, 5) is 12.7. The predicted octanol–water partition coefficient (Wildman–Crippen LogP) is 2.30. The minimum Gasteiger partial charge on any atom is -0.497 e. The monoisotopic (exact) mass is 295 g/mol. The van der Waals surface area contributed by atoms with Crippen LogP contribution in [0.5, 0.6) is 5.75 Å². The van der Waals surface area contributed by atoms with Gasteiger partial charge in [-0.3, -0.25) is 9.69 Å². The number of hydrogen-bond donors (Lipinski definition) is 2. The maximum Gasteiger partial charge on any atom is 0.303 e. The molecule has 1 atom stereocenters. The van der Waals surface area contributed by atoms with Gasteiger partial charge in [-0.15, -0.1) is 0 Å². The largest absolute Gasteiger partial charge is 0.497 e. The summed E-state index contributed by atoms with van der Waals surface area (Å²) in [7, 11) is 1.60. The van der Waals surface area contributed by atoms with Crippen LogP contribution < -0.4 is 4.74 Å². The number of carboxylic acids is 1. The third-order valence-electron chi connectivity index (χ3n) is 3.45. The molecule has 0 aliphatic carbocycles. The standard InChI is InChI=1S/C16H25NO4/c1-12(2)17(9-5-8-16(19)20)11-15(18)13-6-4-7-14(10-13)21-3/h4,6-7,10,12,15,18H,5,8-9,11H2,1-3H3,(H,19,20). The van der Waals surface area contributed by atoms with Crippen LogP contribution in [-0.4, -0.2) is 47.3 Å². The van der Waals surface area contributed by atoms with Gasteiger partial charge in [0.1, 0.15) is 5.75 Å². The Balaban J connectivity index is 2.62. The van der Waals surface area contributed by atoms with E-state index in [4.69, 9.17) is 9.84 Å². The molecule has 0 heterocycles. The van der Waals surface area contributed by atoms with Crippen molar-refractivity contribution in [2.24, 2.45) is 0 Å². The minimum absolute atomic E-state index is 0.151. The fourth-order valence-corrected chi connectivity index (χ4v) is 2.17. The summed E-state index contributed by atoms with van der Waals surface area (Å²) < 4.78 is 5.16. The van der Waals surface area contributed by atoms with Crippen LogP contribution in [0.25, 0.3) is 0 Å². The van der Waals surface area contributed by atoms with Gasteiger partial charge in [-0.25, -0.2) is 0 Å². The second-order valence-corrected chi connectivity index (χ2v) is 5.38. The smallest absolute Gasteiger partial charge is 0.303 e. The lowest BCUT2D eigenvalue weighted by atomic mass is 10.1. The zero-order chi connectivity index (χ0) is 15.8. The summed E-state index contributed by atoms with van der Waals surface area (Å²) in [5, 5.41) is 19.1. The first-order valence-electron chi connectivity index (χ1n) is 7.22. The maximum atomic E-state index is 10.6. The molecular formula is C16H25NO4. The molecule has 0 radical (unpaired) electrons. The lowest BCUT2D eigenvalue weighted by molar-refractivity contribution is -0.137. The summed E-state index contributed by atoms with van der Waals surface area (Å²) in [6.45, 7) is 5.22. The highest BCUT2D eigenvalue weighted by Gasteiger charge is 2.16. The third kappa shape index (κ3) is 6.14. The van der Waals surface area contributed by atoms with E-state index in [0.717, 1.165) is 5.56 Å².